The molecule has 0 radical (unpaired) electrons. The second kappa shape index (κ2) is 9.42. The van der Waals surface area contributed by atoms with Crippen molar-refractivity contribution in [1.29, 1.82) is 0 Å². The number of aliphatic hydroxyl groups excluding tert-OH is 1. The Balaban J connectivity index is 1.53. The highest BCUT2D eigenvalue weighted by molar-refractivity contribution is 6.30. The maximum atomic E-state index is 10.4. The molecule has 2 atom stereocenters. The van der Waals surface area contributed by atoms with Crippen molar-refractivity contribution in [2.75, 3.05) is 26.3 Å². The molecule has 0 amide bonds. The van der Waals surface area contributed by atoms with Crippen molar-refractivity contribution in [2.24, 2.45) is 0 Å². The maximum Gasteiger partial charge on any atom is 0.119 e. The summed E-state index contributed by atoms with van der Waals surface area (Å²) < 4.78 is 17.1. The molecule has 1 aliphatic heterocycles. The Morgan fingerprint density at radius 3 is 2.73 bits per heavy atom. The SMILES string of the molecule is Cc1ccc(CN(C[C@@H](O)COc2ccc(Cl)cc2)C[C@@H]2CCCO2)o1. The molecule has 1 aromatic heterocycles. The highest BCUT2D eigenvalue weighted by Gasteiger charge is 2.22. The van der Waals surface area contributed by atoms with Crippen LogP contribution in [0.3, 0.4) is 0 Å². The minimum absolute atomic E-state index is 0.218. The van der Waals surface area contributed by atoms with Gasteiger partial charge in [-0.25, -0.2) is 0 Å². The van der Waals surface area contributed by atoms with Crippen LogP contribution in [-0.2, 0) is 11.3 Å². The van der Waals surface area contributed by atoms with E-state index in [-0.39, 0.29) is 12.7 Å². The molecule has 0 saturated carbocycles. The fraction of sp³-hybridized carbons (Fsp3) is 0.500. The van der Waals surface area contributed by atoms with E-state index in [4.69, 9.17) is 25.5 Å². The molecule has 0 spiro atoms. The molecule has 1 aliphatic rings. The zero-order valence-electron chi connectivity index (χ0n) is 15.1. The van der Waals surface area contributed by atoms with Crippen LogP contribution < -0.4 is 4.74 Å². The van der Waals surface area contributed by atoms with Crippen molar-refractivity contribution in [3.05, 3.63) is 52.9 Å². The van der Waals surface area contributed by atoms with Gasteiger partial charge in [0.2, 0.25) is 0 Å². The Bertz CT molecular complexity index is 667. The van der Waals surface area contributed by atoms with Gasteiger partial charge in [0, 0.05) is 24.7 Å². The summed E-state index contributed by atoms with van der Waals surface area (Å²) in [4.78, 5) is 2.17. The quantitative estimate of drug-likeness (QED) is 0.720. The van der Waals surface area contributed by atoms with Gasteiger partial charge in [-0.05, 0) is 56.2 Å². The summed E-state index contributed by atoms with van der Waals surface area (Å²) in [6.07, 6.45) is 1.77. The molecule has 1 aromatic carbocycles. The Hall–Kier alpha value is -1.53. The zero-order valence-corrected chi connectivity index (χ0v) is 15.8. The number of aliphatic hydroxyl groups is 1. The lowest BCUT2D eigenvalue weighted by Gasteiger charge is -2.26. The zero-order chi connectivity index (χ0) is 18.4. The van der Waals surface area contributed by atoms with E-state index in [0.717, 1.165) is 37.5 Å². The molecule has 26 heavy (non-hydrogen) atoms. The summed E-state index contributed by atoms with van der Waals surface area (Å²) in [6.45, 7) is 4.89. The van der Waals surface area contributed by atoms with Crippen molar-refractivity contribution in [2.45, 2.75) is 38.5 Å². The van der Waals surface area contributed by atoms with Crippen LogP contribution in [0.25, 0.3) is 0 Å². The van der Waals surface area contributed by atoms with Gasteiger partial charge >= 0.3 is 0 Å². The molecule has 0 unspecified atom stereocenters. The lowest BCUT2D eigenvalue weighted by atomic mass is 10.2. The molecular weight excluding hydrogens is 354 g/mol. The van der Waals surface area contributed by atoms with Crippen LogP contribution >= 0.6 is 11.6 Å². The van der Waals surface area contributed by atoms with Crippen LogP contribution in [-0.4, -0.2) is 48.5 Å². The molecule has 0 bridgehead atoms. The molecule has 6 heteroatoms. The number of rotatable bonds is 9. The number of hydrogen-bond donors (Lipinski definition) is 1. The Morgan fingerprint density at radius 1 is 1.27 bits per heavy atom. The second-order valence-corrected chi connectivity index (χ2v) is 7.20. The van der Waals surface area contributed by atoms with E-state index >= 15 is 0 Å². The molecule has 5 nitrogen and oxygen atoms in total. The standard InChI is InChI=1S/C20H26ClNO4/c1-15-4-7-20(26-15)13-22(12-19-3-2-10-24-19)11-17(23)14-25-18-8-5-16(21)6-9-18/h4-9,17,19,23H,2-3,10-14H2,1H3/t17-,19+/m1/s1. The minimum atomic E-state index is -0.608. The van der Waals surface area contributed by atoms with Crippen molar-refractivity contribution < 1.29 is 19.0 Å². The van der Waals surface area contributed by atoms with Crippen molar-refractivity contribution in [1.82, 2.24) is 4.90 Å². The Labute approximate surface area is 159 Å². The number of nitrogens with zero attached hydrogens (tertiary/aromatic N) is 1. The van der Waals surface area contributed by atoms with Gasteiger partial charge in [0.1, 0.15) is 30.0 Å². The van der Waals surface area contributed by atoms with E-state index < -0.39 is 6.10 Å². The maximum absolute atomic E-state index is 10.4. The Kier molecular flexibility index (Phi) is 6.97. The van der Waals surface area contributed by atoms with Gasteiger partial charge in [0.25, 0.3) is 0 Å². The first-order valence-corrected chi connectivity index (χ1v) is 9.42. The highest BCUT2D eigenvalue weighted by atomic mass is 35.5. The molecule has 0 aliphatic carbocycles. The van der Waals surface area contributed by atoms with Gasteiger partial charge < -0.3 is 19.0 Å². The number of furan rings is 1. The number of halogens is 1. The lowest BCUT2D eigenvalue weighted by molar-refractivity contribution is 0.0290. The third-order valence-electron chi connectivity index (χ3n) is 4.39. The number of hydrogen-bond acceptors (Lipinski definition) is 5. The van der Waals surface area contributed by atoms with Crippen LogP contribution in [0, 0.1) is 6.92 Å². The molecule has 2 heterocycles. The molecule has 142 valence electrons. The van der Waals surface area contributed by atoms with Crippen LogP contribution in [0.2, 0.25) is 5.02 Å². The van der Waals surface area contributed by atoms with Gasteiger partial charge in [-0.1, -0.05) is 11.6 Å². The van der Waals surface area contributed by atoms with Gasteiger partial charge in [-0.15, -0.1) is 0 Å². The first-order valence-electron chi connectivity index (χ1n) is 9.04. The fourth-order valence-electron chi connectivity index (χ4n) is 3.14. The van der Waals surface area contributed by atoms with Crippen molar-refractivity contribution in [3.63, 3.8) is 0 Å². The van der Waals surface area contributed by atoms with Gasteiger partial charge in [0.15, 0.2) is 0 Å². The molecular formula is C20H26ClNO4. The Morgan fingerprint density at radius 2 is 2.08 bits per heavy atom. The van der Waals surface area contributed by atoms with Crippen LogP contribution in [0.1, 0.15) is 24.4 Å². The smallest absolute Gasteiger partial charge is 0.119 e. The molecule has 2 aromatic rings. The summed E-state index contributed by atoms with van der Waals surface area (Å²) >= 11 is 5.87. The third kappa shape index (κ3) is 6.02. The summed E-state index contributed by atoms with van der Waals surface area (Å²) in [7, 11) is 0. The van der Waals surface area contributed by atoms with Crippen molar-refractivity contribution in [3.8, 4) is 5.75 Å². The average molecular weight is 380 g/mol. The summed E-state index contributed by atoms with van der Waals surface area (Å²) in [5.41, 5.74) is 0. The molecule has 3 rings (SSSR count). The van der Waals surface area contributed by atoms with Gasteiger partial charge in [0.05, 0.1) is 12.6 Å². The predicted molar refractivity (Wildman–Crippen MR) is 101 cm³/mol. The summed E-state index contributed by atoms with van der Waals surface area (Å²) in [5, 5.41) is 11.1. The van der Waals surface area contributed by atoms with E-state index in [1.165, 1.54) is 0 Å². The van der Waals surface area contributed by atoms with Gasteiger partial charge in [-0.3, -0.25) is 4.90 Å². The van der Waals surface area contributed by atoms with Gasteiger partial charge in [-0.2, -0.15) is 0 Å². The number of aryl methyl sites for hydroxylation is 1. The number of ether oxygens (including phenoxy) is 2. The topological polar surface area (TPSA) is 55.1 Å². The normalized spacial score (nSPS) is 18.4. The van der Waals surface area contributed by atoms with E-state index in [2.05, 4.69) is 4.90 Å². The fourth-order valence-corrected chi connectivity index (χ4v) is 3.27. The second-order valence-electron chi connectivity index (χ2n) is 6.76. The summed E-state index contributed by atoms with van der Waals surface area (Å²) in [6, 6.07) is 11.1. The van der Waals surface area contributed by atoms with Crippen molar-refractivity contribution >= 4 is 11.6 Å². The first kappa shape index (κ1) is 19.2. The highest BCUT2D eigenvalue weighted by Crippen LogP contribution is 2.18. The van der Waals surface area contributed by atoms with Crippen LogP contribution in [0.15, 0.2) is 40.8 Å². The molecule has 1 saturated heterocycles. The van der Waals surface area contributed by atoms with E-state index in [1.54, 1.807) is 24.3 Å². The lowest BCUT2D eigenvalue weighted by Crippen LogP contribution is -2.39. The van der Waals surface area contributed by atoms with Crippen LogP contribution in [0.4, 0.5) is 0 Å². The molecule has 1 fully saturated rings. The summed E-state index contributed by atoms with van der Waals surface area (Å²) in [5.74, 6) is 2.48. The van der Waals surface area contributed by atoms with E-state index in [9.17, 15) is 5.11 Å². The largest absolute Gasteiger partial charge is 0.491 e. The predicted octanol–water partition coefficient (Wildman–Crippen LogP) is 3.66. The monoisotopic (exact) mass is 379 g/mol. The number of benzene rings is 1. The van der Waals surface area contributed by atoms with E-state index in [0.29, 0.717) is 23.9 Å². The van der Waals surface area contributed by atoms with Crippen LogP contribution in [0.5, 0.6) is 5.75 Å². The molecule has 1 N–H and O–H groups in total. The first-order chi connectivity index (χ1) is 12.6. The van der Waals surface area contributed by atoms with E-state index in [1.807, 2.05) is 19.1 Å². The third-order valence-corrected chi connectivity index (χ3v) is 4.64. The average Bonchev–Trinajstić information content (AvgIpc) is 3.26. The minimum Gasteiger partial charge on any atom is -0.491 e.